The second-order valence-corrected chi connectivity index (χ2v) is 5.98. The Balaban J connectivity index is 3.11. The van der Waals surface area contributed by atoms with Crippen molar-refractivity contribution in [2.75, 3.05) is 0 Å². The predicted molar refractivity (Wildman–Crippen MR) is 53.2 cm³/mol. The van der Waals surface area contributed by atoms with Crippen molar-refractivity contribution in [1.82, 2.24) is 0 Å². The first-order valence-corrected chi connectivity index (χ1v) is 7.27. The maximum absolute atomic E-state index is 10.5. The Bertz CT molecular complexity index is 519. The van der Waals surface area contributed by atoms with Crippen LogP contribution >= 0.6 is 0 Å². The third kappa shape index (κ3) is 4.71. The first-order chi connectivity index (χ1) is 7.17. The molecule has 0 aliphatic rings. The van der Waals surface area contributed by atoms with Gasteiger partial charge in [-0.15, -0.1) is 0 Å². The van der Waals surface area contributed by atoms with Crippen LogP contribution in [-0.4, -0.2) is 25.9 Å². The van der Waals surface area contributed by atoms with Gasteiger partial charge < -0.3 is 9.11 Å². The van der Waals surface area contributed by atoms with Crippen molar-refractivity contribution in [3.63, 3.8) is 0 Å². The van der Waals surface area contributed by atoms with Crippen molar-refractivity contribution in [2.24, 2.45) is 0 Å². The van der Waals surface area contributed by atoms with Gasteiger partial charge in [0.05, 0.1) is 31.7 Å². The Morgan fingerprint density at radius 1 is 0.812 bits per heavy atom. The summed E-state index contributed by atoms with van der Waals surface area (Å²) in [6, 6.07) is 5.52. The monoisotopic (exact) mass is 264 g/mol. The number of benzene rings is 1. The Labute approximate surface area is 93.4 Å². The minimum atomic E-state index is -4.50. The second-order valence-electron chi connectivity index (χ2n) is 3.17. The highest BCUT2D eigenvalue weighted by molar-refractivity contribution is 7.85. The molecule has 8 heteroatoms. The zero-order valence-corrected chi connectivity index (χ0v) is 9.62. The number of hydrogen-bond acceptors (Lipinski definition) is 6. The lowest BCUT2D eigenvalue weighted by atomic mass is 10.1. The van der Waals surface area contributed by atoms with Gasteiger partial charge in [-0.05, 0) is 11.1 Å². The summed E-state index contributed by atoms with van der Waals surface area (Å²) < 4.78 is 63.2. The van der Waals surface area contributed by atoms with Crippen LogP contribution in [0, 0.1) is 0 Å². The van der Waals surface area contributed by atoms with E-state index in [9.17, 15) is 25.9 Å². The Hall–Kier alpha value is -0.960. The number of rotatable bonds is 4. The van der Waals surface area contributed by atoms with Gasteiger partial charge in [0.15, 0.2) is 0 Å². The molecule has 0 saturated carbocycles. The van der Waals surface area contributed by atoms with Crippen LogP contribution in [-0.2, 0) is 31.7 Å². The van der Waals surface area contributed by atoms with Gasteiger partial charge in [0.1, 0.15) is 0 Å². The fourth-order valence-electron chi connectivity index (χ4n) is 1.22. The Morgan fingerprint density at radius 2 is 1.12 bits per heavy atom. The van der Waals surface area contributed by atoms with Gasteiger partial charge in [0.2, 0.25) is 0 Å². The van der Waals surface area contributed by atoms with Gasteiger partial charge >= 0.3 is 0 Å². The van der Waals surface area contributed by atoms with Crippen LogP contribution in [0.3, 0.4) is 0 Å². The van der Waals surface area contributed by atoms with E-state index >= 15 is 0 Å². The molecule has 1 rings (SSSR count). The molecular weight excluding hydrogens is 256 g/mol. The summed E-state index contributed by atoms with van der Waals surface area (Å²) in [6.07, 6.45) is 0. The molecule has 1 aromatic rings. The van der Waals surface area contributed by atoms with Crippen molar-refractivity contribution >= 4 is 20.2 Å². The fourth-order valence-corrected chi connectivity index (χ4v) is 2.55. The lowest BCUT2D eigenvalue weighted by Gasteiger charge is -2.13. The first-order valence-electron chi connectivity index (χ1n) is 4.11. The number of hydrogen-bond donors (Lipinski definition) is 0. The van der Waals surface area contributed by atoms with Crippen LogP contribution in [0.2, 0.25) is 0 Å². The Morgan fingerprint density at radius 3 is 1.38 bits per heavy atom. The van der Waals surface area contributed by atoms with Crippen molar-refractivity contribution in [1.29, 1.82) is 0 Å². The van der Waals surface area contributed by atoms with Crippen LogP contribution in [0.4, 0.5) is 0 Å². The molecule has 0 radical (unpaired) electrons. The van der Waals surface area contributed by atoms with Gasteiger partial charge in [-0.2, -0.15) is 0 Å². The molecule has 6 nitrogen and oxygen atoms in total. The average molecular weight is 264 g/mol. The molecule has 1 aromatic carbocycles. The minimum absolute atomic E-state index is 0.0388. The summed E-state index contributed by atoms with van der Waals surface area (Å²) in [5, 5.41) is 0. The molecule has 0 aliphatic carbocycles. The normalized spacial score (nSPS) is 12.6. The van der Waals surface area contributed by atoms with E-state index in [1.54, 1.807) is 0 Å². The SMILES string of the molecule is O=S(=O)([O-])Cc1ccccc1CS(=O)(=O)[O-]. The van der Waals surface area contributed by atoms with Gasteiger partial charge in [-0.3, -0.25) is 0 Å². The van der Waals surface area contributed by atoms with E-state index in [-0.39, 0.29) is 11.1 Å². The van der Waals surface area contributed by atoms with Gasteiger partial charge in [-0.1, -0.05) is 24.3 Å². The summed E-state index contributed by atoms with van der Waals surface area (Å²) >= 11 is 0. The molecule has 0 N–H and O–H groups in total. The van der Waals surface area contributed by atoms with Crippen LogP contribution in [0.15, 0.2) is 24.3 Å². The molecule has 16 heavy (non-hydrogen) atoms. The zero-order chi connectivity index (χ0) is 12.4. The van der Waals surface area contributed by atoms with Crippen LogP contribution in [0.5, 0.6) is 0 Å². The topological polar surface area (TPSA) is 114 Å². The lowest BCUT2D eigenvalue weighted by molar-refractivity contribution is 0.457. The van der Waals surface area contributed by atoms with Crippen molar-refractivity contribution in [2.45, 2.75) is 11.5 Å². The maximum atomic E-state index is 10.5. The fraction of sp³-hybridized carbons (Fsp3) is 0.250. The van der Waals surface area contributed by atoms with E-state index in [0.717, 1.165) is 0 Å². The van der Waals surface area contributed by atoms with Gasteiger partial charge in [0, 0.05) is 0 Å². The highest BCUT2D eigenvalue weighted by Crippen LogP contribution is 2.14. The summed E-state index contributed by atoms with van der Waals surface area (Å²) in [6.45, 7) is 0. The molecule has 0 unspecified atom stereocenters. The highest BCUT2D eigenvalue weighted by Gasteiger charge is 2.07. The molecule has 0 amide bonds. The zero-order valence-electron chi connectivity index (χ0n) is 7.99. The van der Waals surface area contributed by atoms with Crippen LogP contribution < -0.4 is 0 Å². The minimum Gasteiger partial charge on any atom is -0.748 e. The van der Waals surface area contributed by atoms with E-state index in [4.69, 9.17) is 0 Å². The lowest BCUT2D eigenvalue weighted by Crippen LogP contribution is -2.08. The molecular formula is C8H8O6S2-2. The molecule has 0 aliphatic heterocycles. The summed E-state index contributed by atoms with van der Waals surface area (Å²) in [7, 11) is -9.00. The standard InChI is InChI=1S/C8H10O6S2/c9-15(10,11)5-7-3-1-2-4-8(7)6-16(12,13)14/h1-4H,5-6H2,(H,9,10,11)(H,12,13,14)/p-2. The molecule has 0 spiro atoms. The molecule has 0 saturated heterocycles. The van der Waals surface area contributed by atoms with Gasteiger partial charge in [-0.25, -0.2) is 16.8 Å². The van der Waals surface area contributed by atoms with E-state index < -0.39 is 31.7 Å². The van der Waals surface area contributed by atoms with E-state index in [1.807, 2.05) is 0 Å². The highest BCUT2D eigenvalue weighted by atomic mass is 32.2. The third-order valence-corrected chi connectivity index (χ3v) is 3.11. The molecule has 0 heterocycles. The third-order valence-electron chi connectivity index (χ3n) is 1.78. The molecule has 0 atom stereocenters. The molecule has 90 valence electrons. The van der Waals surface area contributed by atoms with Gasteiger partial charge in [0.25, 0.3) is 0 Å². The summed E-state index contributed by atoms with van der Waals surface area (Å²) in [5.74, 6) is -1.64. The molecule has 0 bridgehead atoms. The van der Waals surface area contributed by atoms with Crippen LogP contribution in [0.1, 0.15) is 11.1 Å². The Kier molecular flexibility index (Phi) is 3.68. The van der Waals surface area contributed by atoms with E-state index in [1.165, 1.54) is 24.3 Å². The predicted octanol–water partition coefficient (Wildman–Crippen LogP) is -0.223. The first kappa shape index (κ1) is 13.1. The van der Waals surface area contributed by atoms with E-state index in [2.05, 4.69) is 0 Å². The van der Waals surface area contributed by atoms with Crippen molar-refractivity contribution in [3.8, 4) is 0 Å². The summed E-state index contributed by atoms with van der Waals surface area (Å²) in [5.41, 5.74) is 0.0776. The second kappa shape index (κ2) is 4.50. The average Bonchev–Trinajstić information content (AvgIpc) is 2.03. The largest absolute Gasteiger partial charge is 0.748 e. The van der Waals surface area contributed by atoms with E-state index in [0.29, 0.717) is 0 Å². The van der Waals surface area contributed by atoms with Crippen LogP contribution in [0.25, 0.3) is 0 Å². The van der Waals surface area contributed by atoms with Crippen molar-refractivity contribution < 1.29 is 25.9 Å². The molecule has 0 aromatic heterocycles. The quantitative estimate of drug-likeness (QED) is 0.694. The smallest absolute Gasteiger partial charge is 0.0988 e. The molecule has 0 fully saturated rings. The van der Waals surface area contributed by atoms with Crippen molar-refractivity contribution in [3.05, 3.63) is 35.4 Å². The maximum Gasteiger partial charge on any atom is 0.0988 e. The summed E-state index contributed by atoms with van der Waals surface area (Å²) in [4.78, 5) is 0.